The number of benzene rings is 2. The first-order valence-electron chi connectivity index (χ1n) is 9.41. The fourth-order valence-electron chi connectivity index (χ4n) is 3.34. The van der Waals surface area contributed by atoms with Gasteiger partial charge in [-0.25, -0.2) is 4.79 Å². The lowest BCUT2D eigenvalue weighted by molar-refractivity contribution is -0.131. The van der Waals surface area contributed by atoms with Gasteiger partial charge in [-0.1, -0.05) is 42.0 Å². The van der Waals surface area contributed by atoms with Gasteiger partial charge >= 0.3 is 6.03 Å². The van der Waals surface area contributed by atoms with Crippen molar-refractivity contribution in [2.24, 2.45) is 0 Å². The Hall–Kier alpha value is -3.15. The van der Waals surface area contributed by atoms with Crippen LogP contribution in [0.2, 0.25) is 0 Å². The summed E-state index contributed by atoms with van der Waals surface area (Å²) in [6.07, 6.45) is 0.701. The van der Waals surface area contributed by atoms with Crippen molar-refractivity contribution in [3.63, 3.8) is 0 Å². The number of anilines is 1. The van der Waals surface area contributed by atoms with Gasteiger partial charge in [-0.2, -0.15) is 0 Å². The number of nitrogens with zero attached hydrogens (tertiary/aromatic N) is 2. The molecule has 4 amide bonds. The Morgan fingerprint density at radius 3 is 2.39 bits per heavy atom. The molecule has 1 fully saturated rings. The molecule has 6 nitrogen and oxygen atoms in total. The van der Waals surface area contributed by atoms with Crippen LogP contribution in [0.15, 0.2) is 48.5 Å². The normalized spacial score (nSPS) is 16.6. The number of rotatable bonds is 6. The summed E-state index contributed by atoms with van der Waals surface area (Å²) in [6.45, 7) is 5.85. The van der Waals surface area contributed by atoms with Gasteiger partial charge in [0.15, 0.2) is 0 Å². The third-order valence-electron chi connectivity index (χ3n) is 5.04. The van der Waals surface area contributed by atoms with E-state index in [1.54, 1.807) is 6.92 Å². The predicted octanol–water partition coefficient (Wildman–Crippen LogP) is 2.82. The summed E-state index contributed by atoms with van der Waals surface area (Å²) in [4.78, 5) is 40.0. The standard InChI is InChI=1S/C22H25N3O3/c1-15-8-10-19(11-9-15)25-17(3)21(27)24(22(25)28)14-20(26)23-13-12-18-7-5-4-6-16(18)2/h4-11,17H,12-14H2,1-3H3,(H,23,26)/t17-/m1/s1. The molecule has 146 valence electrons. The molecule has 0 unspecified atom stereocenters. The van der Waals surface area contributed by atoms with E-state index in [2.05, 4.69) is 5.32 Å². The summed E-state index contributed by atoms with van der Waals surface area (Å²) in [5.74, 6) is -0.701. The summed E-state index contributed by atoms with van der Waals surface area (Å²) in [6, 6.07) is 14.3. The summed E-state index contributed by atoms with van der Waals surface area (Å²) >= 11 is 0. The largest absolute Gasteiger partial charge is 0.354 e. The zero-order valence-electron chi connectivity index (χ0n) is 16.4. The van der Waals surface area contributed by atoms with Crippen LogP contribution in [0.25, 0.3) is 0 Å². The SMILES string of the molecule is Cc1ccc(N2C(=O)N(CC(=O)NCCc3ccccc3C)C(=O)[C@H]2C)cc1. The number of hydrogen-bond acceptors (Lipinski definition) is 3. The van der Waals surface area contributed by atoms with Gasteiger partial charge in [0.25, 0.3) is 5.91 Å². The predicted molar refractivity (Wildman–Crippen MR) is 108 cm³/mol. The fourth-order valence-corrected chi connectivity index (χ4v) is 3.34. The number of amides is 4. The van der Waals surface area contributed by atoms with Crippen molar-refractivity contribution in [2.45, 2.75) is 33.2 Å². The number of nitrogens with one attached hydrogen (secondary N) is 1. The minimum Gasteiger partial charge on any atom is -0.354 e. The Morgan fingerprint density at radius 2 is 1.71 bits per heavy atom. The van der Waals surface area contributed by atoms with E-state index in [4.69, 9.17) is 0 Å². The molecule has 0 aliphatic carbocycles. The molecule has 0 saturated carbocycles. The summed E-state index contributed by atoms with van der Waals surface area (Å²) in [5.41, 5.74) is 4.05. The van der Waals surface area contributed by atoms with Crippen molar-refractivity contribution in [3.05, 3.63) is 65.2 Å². The van der Waals surface area contributed by atoms with Crippen LogP contribution in [0.5, 0.6) is 0 Å². The lowest BCUT2D eigenvalue weighted by Gasteiger charge is -2.19. The van der Waals surface area contributed by atoms with Gasteiger partial charge in [0, 0.05) is 12.2 Å². The molecule has 2 aromatic carbocycles. The Kier molecular flexibility index (Phi) is 5.78. The molecule has 1 heterocycles. The highest BCUT2D eigenvalue weighted by molar-refractivity contribution is 6.15. The summed E-state index contributed by atoms with van der Waals surface area (Å²) in [5, 5.41) is 2.80. The van der Waals surface area contributed by atoms with Crippen molar-refractivity contribution < 1.29 is 14.4 Å². The van der Waals surface area contributed by atoms with Crippen molar-refractivity contribution >= 4 is 23.5 Å². The van der Waals surface area contributed by atoms with Crippen LogP contribution in [0.3, 0.4) is 0 Å². The second-order valence-electron chi connectivity index (χ2n) is 7.11. The molecular weight excluding hydrogens is 354 g/mol. The molecule has 2 aromatic rings. The van der Waals surface area contributed by atoms with Crippen LogP contribution < -0.4 is 10.2 Å². The van der Waals surface area contributed by atoms with Gasteiger partial charge in [-0.15, -0.1) is 0 Å². The van der Waals surface area contributed by atoms with E-state index in [1.807, 2.05) is 62.4 Å². The molecule has 6 heteroatoms. The van der Waals surface area contributed by atoms with Crippen molar-refractivity contribution in [1.29, 1.82) is 0 Å². The van der Waals surface area contributed by atoms with E-state index >= 15 is 0 Å². The number of carbonyl (C=O) groups is 3. The number of hydrogen-bond donors (Lipinski definition) is 1. The topological polar surface area (TPSA) is 69.7 Å². The number of imide groups is 1. The first-order chi connectivity index (χ1) is 13.4. The number of carbonyl (C=O) groups excluding carboxylic acids is 3. The molecular formula is C22H25N3O3. The maximum absolute atomic E-state index is 12.7. The van der Waals surface area contributed by atoms with Gasteiger partial charge in [0.1, 0.15) is 12.6 Å². The average Bonchev–Trinajstić information content (AvgIpc) is 2.88. The second kappa shape index (κ2) is 8.25. The number of urea groups is 1. The molecule has 1 aliphatic heterocycles. The van der Waals surface area contributed by atoms with Gasteiger partial charge in [-0.05, 0) is 50.5 Å². The van der Waals surface area contributed by atoms with E-state index in [0.29, 0.717) is 18.7 Å². The molecule has 0 bridgehead atoms. The van der Waals surface area contributed by atoms with Gasteiger partial charge < -0.3 is 5.32 Å². The zero-order chi connectivity index (χ0) is 20.3. The van der Waals surface area contributed by atoms with E-state index < -0.39 is 12.1 Å². The van der Waals surface area contributed by atoms with Crippen LogP contribution in [0.4, 0.5) is 10.5 Å². The zero-order valence-corrected chi connectivity index (χ0v) is 16.4. The maximum Gasteiger partial charge on any atom is 0.332 e. The van der Waals surface area contributed by atoms with Gasteiger partial charge in [0.05, 0.1) is 0 Å². The lowest BCUT2D eigenvalue weighted by Crippen LogP contribution is -2.42. The molecule has 1 saturated heterocycles. The summed E-state index contributed by atoms with van der Waals surface area (Å²) in [7, 11) is 0. The van der Waals surface area contributed by atoms with Crippen molar-refractivity contribution in [3.8, 4) is 0 Å². The highest BCUT2D eigenvalue weighted by Gasteiger charge is 2.43. The van der Waals surface area contributed by atoms with E-state index in [0.717, 1.165) is 16.0 Å². The molecule has 0 radical (unpaired) electrons. The van der Waals surface area contributed by atoms with Crippen LogP contribution >= 0.6 is 0 Å². The third kappa shape index (κ3) is 4.06. The molecule has 1 N–H and O–H groups in total. The lowest BCUT2D eigenvalue weighted by atomic mass is 10.1. The van der Waals surface area contributed by atoms with E-state index in [-0.39, 0.29) is 18.4 Å². The second-order valence-corrected chi connectivity index (χ2v) is 7.11. The molecule has 3 rings (SSSR count). The first kappa shape index (κ1) is 19.6. The van der Waals surface area contributed by atoms with Crippen molar-refractivity contribution in [1.82, 2.24) is 10.2 Å². The molecule has 28 heavy (non-hydrogen) atoms. The smallest absolute Gasteiger partial charge is 0.332 e. The van der Waals surface area contributed by atoms with Crippen LogP contribution in [-0.4, -0.2) is 41.9 Å². The van der Waals surface area contributed by atoms with Crippen LogP contribution in [-0.2, 0) is 16.0 Å². The molecule has 1 atom stereocenters. The highest BCUT2D eigenvalue weighted by Crippen LogP contribution is 2.25. The van der Waals surface area contributed by atoms with Crippen molar-refractivity contribution in [2.75, 3.05) is 18.0 Å². The first-order valence-corrected chi connectivity index (χ1v) is 9.41. The maximum atomic E-state index is 12.7. The summed E-state index contributed by atoms with van der Waals surface area (Å²) < 4.78 is 0. The van der Waals surface area contributed by atoms with E-state index in [1.165, 1.54) is 10.5 Å². The third-order valence-corrected chi connectivity index (χ3v) is 5.04. The monoisotopic (exact) mass is 379 g/mol. The van der Waals surface area contributed by atoms with E-state index in [9.17, 15) is 14.4 Å². The number of aryl methyl sites for hydroxylation is 2. The fraction of sp³-hybridized carbons (Fsp3) is 0.318. The Bertz CT molecular complexity index is 892. The molecule has 0 spiro atoms. The minimum absolute atomic E-state index is 0.266. The average molecular weight is 379 g/mol. The quantitative estimate of drug-likeness (QED) is 0.785. The Labute approximate surface area is 165 Å². The van der Waals surface area contributed by atoms with Gasteiger partial charge in [-0.3, -0.25) is 19.4 Å². The Balaban J connectivity index is 1.59. The van der Waals surface area contributed by atoms with Crippen LogP contribution in [0, 0.1) is 13.8 Å². The minimum atomic E-state index is -0.630. The van der Waals surface area contributed by atoms with Gasteiger partial charge in [0.2, 0.25) is 5.91 Å². The highest BCUT2D eigenvalue weighted by atomic mass is 16.2. The Morgan fingerprint density at radius 1 is 1.04 bits per heavy atom. The van der Waals surface area contributed by atoms with Crippen LogP contribution in [0.1, 0.15) is 23.6 Å². The molecule has 0 aromatic heterocycles. The molecule has 1 aliphatic rings.